The number of aromatic nitrogens is 1. The van der Waals surface area contributed by atoms with E-state index in [0.29, 0.717) is 10.6 Å². The Morgan fingerprint density at radius 3 is 2.38 bits per heavy atom. The number of aromatic amines is 1. The molecule has 0 saturated heterocycles. The number of pyridine rings is 1. The van der Waals surface area contributed by atoms with E-state index >= 15 is 0 Å². The zero-order valence-electron chi connectivity index (χ0n) is 10.4. The van der Waals surface area contributed by atoms with E-state index in [1.165, 1.54) is 24.3 Å². The molecule has 0 aliphatic rings. The smallest absolute Gasteiger partial charge is 0.273 e. The molecule has 0 aliphatic heterocycles. The fourth-order valence-electron chi connectivity index (χ4n) is 1.58. The summed E-state index contributed by atoms with van der Waals surface area (Å²) < 4.78 is 26.2. The Morgan fingerprint density at radius 2 is 1.76 bits per heavy atom. The molecule has 0 saturated carbocycles. The Morgan fingerprint density at radius 1 is 1.05 bits per heavy atom. The number of benzene rings is 1. The number of nitrogens with one attached hydrogen (secondary N) is 2. The maximum Gasteiger partial charge on any atom is 0.273 e. The predicted molar refractivity (Wildman–Crippen MR) is 84.8 cm³/mol. The summed E-state index contributed by atoms with van der Waals surface area (Å²) in [6.07, 6.45) is 0. The zero-order valence-corrected chi connectivity index (χ0v) is 13.4. The predicted octanol–water partition coefficient (Wildman–Crippen LogP) is 3.28. The van der Waals surface area contributed by atoms with Crippen LogP contribution in [0.1, 0.15) is 5.56 Å². The highest BCUT2D eigenvalue weighted by molar-refractivity contribution is 7.91. The van der Waals surface area contributed by atoms with Crippen molar-refractivity contribution >= 4 is 50.5 Å². The largest absolute Gasteiger partial charge is 0.311 e. The van der Waals surface area contributed by atoms with Crippen molar-refractivity contribution in [2.24, 2.45) is 0 Å². The summed E-state index contributed by atoms with van der Waals surface area (Å²) in [6, 6.07) is 7.16. The Balaban J connectivity index is 2.22. The van der Waals surface area contributed by atoms with Crippen molar-refractivity contribution in [3.63, 3.8) is 0 Å². The third kappa shape index (κ3) is 4.38. The molecule has 5 nitrogen and oxygen atoms in total. The number of hydrogen-bond acceptors (Lipinski definition) is 3. The maximum atomic E-state index is 12.0. The van der Waals surface area contributed by atoms with Crippen molar-refractivity contribution in [2.45, 2.75) is 5.75 Å². The van der Waals surface area contributed by atoms with Gasteiger partial charge in [0.2, 0.25) is 10.0 Å². The lowest BCUT2D eigenvalue weighted by molar-refractivity contribution is 0.600. The van der Waals surface area contributed by atoms with Gasteiger partial charge in [0, 0.05) is 0 Å². The monoisotopic (exact) mass is 366 g/mol. The molecular formula is C12H9Cl3N2O3S. The van der Waals surface area contributed by atoms with E-state index in [0.717, 1.165) is 0 Å². The van der Waals surface area contributed by atoms with Crippen LogP contribution < -0.4 is 10.3 Å². The Hall–Kier alpha value is -1.21. The molecule has 1 aromatic heterocycles. The summed E-state index contributed by atoms with van der Waals surface area (Å²) in [4.78, 5) is 13.8. The molecular weight excluding hydrogens is 359 g/mol. The highest BCUT2D eigenvalue weighted by atomic mass is 35.5. The van der Waals surface area contributed by atoms with Crippen LogP contribution in [0.2, 0.25) is 15.2 Å². The second kappa shape index (κ2) is 6.27. The quantitative estimate of drug-likeness (QED) is 0.814. The number of rotatable bonds is 4. The van der Waals surface area contributed by atoms with Crippen LogP contribution in [-0.4, -0.2) is 13.4 Å². The number of sulfonamides is 1. The average molecular weight is 368 g/mol. The van der Waals surface area contributed by atoms with Gasteiger partial charge in [0.25, 0.3) is 5.56 Å². The maximum absolute atomic E-state index is 12.0. The van der Waals surface area contributed by atoms with Gasteiger partial charge in [0.1, 0.15) is 10.8 Å². The van der Waals surface area contributed by atoms with Gasteiger partial charge >= 0.3 is 0 Å². The van der Waals surface area contributed by atoms with Gasteiger partial charge in [-0.25, -0.2) is 8.42 Å². The van der Waals surface area contributed by atoms with E-state index in [2.05, 4.69) is 9.71 Å². The van der Waals surface area contributed by atoms with Crippen molar-refractivity contribution in [3.8, 4) is 0 Å². The summed E-state index contributed by atoms with van der Waals surface area (Å²) in [6.45, 7) is 0. The lowest BCUT2D eigenvalue weighted by Crippen LogP contribution is -2.21. The van der Waals surface area contributed by atoms with Gasteiger partial charge in [-0.05, 0) is 29.8 Å². The summed E-state index contributed by atoms with van der Waals surface area (Å²) in [5, 5.41) is 0.709. The molecule has 0 radical (unpaired) electrons. The van der Waals surface area contributed by atoms with Gasteiger partial charge in [-0.3, -0.25) is 9.52 Å². The summed E-state index contributed by atoms with van der Waals surface area (Å²) in [5.74, 6) is -0.341. The lowest BCUT2D eigenvalue weighted by Gasteiger charge is -2.08. The average Bonchev–Trinajstić information content (AvgIpc) is 2.37. The van der Waals surface area contributed by atoms with E-state index in [-0.39, 0.29) is 21.6 Å². The van der Waals surface area contributed by atoms with E-state index in [9.17, 15) is 13.2 Å². The van der Waals surface area contributed by atoms with Crippen molar-refractivity contribution in [2.75, 3.05) is 4.72 Å². The third-order valence-corrected chi connectivity index (χ3v) is 4.68. The number of halogens is 3. The second-order valence-electron chi connectivity index (χ2n) is 4.16. The molecule has 9 heteroatoms. The molecule has 0 atom stereocenters. The van der Waals surface area contributed by atoms with Gasteiger partial charge in [-0.2, -0.15) is 0 Å². The first kappa shape index (κ1) is 16.2. The van der Waals surface area contributed by atoms with Crippen LogP contribution in [0.4, 0.5) is 5.69 Å². The molecule has 0 aliphatic carbocycles. The van der Waals surface area contributed by atoms with E-state index in [1.54, 1.807) is 6.07 Å². The highest BCUT2D eigenvalue weighted by Gasteiger charge is 2.14. The minimum Gasteiger partial charge on any atom is -0.311 e. The van der Waals surface area contributed by atoms with Gasteiger partial charge in [0.15, 0.2) is 0 Å². The molecule has 2 rings (SSSR count). The number of anilines is 1. The Labute approximate surface area is 135 Å². The van der Waals surface area contributed by atoms with Gasteiger partial charge in [-0.1, -0.05) is 40.9 Å². The molecule has 2 N–H and O–H groups in total. The van der Waals surface area contributed by atoms with Crippen LogP contribution in [0.3, 0.4) is 0 Å². The van der Waals surface area contributed by atoms with E-state index in [1.807, 2.05) is 0 Å². The van der Waals surface area contributed by atoms with Crippen molar-refractivity contribution in [1.82, 2.24) is 4.98 Å². The molecule has 0 amide bonds. The molecule has 0 bridgehead atoms. The van der Waals surface area contributed by atoms with Crippen LogP contribution in [0.5, 0.6) is 0 Å². The highest BCUT2D eigenvalue weighted by Crippen LogP contribution is 2.23. The number of H-pyrrole nitrogens is 1. The summed E-state index contributed by atoms with van der Waals surface area (Å²) >= 11 is 17.2. The van der Waals surface area contributed by atoms with Gasteiger partial charge in [-0.15, -0.1) is 0 Å². The van der Waals surface area contributed by atoms with Crippen LogP contribution in [0, 0.1) is 0 Å². The molecule has 0 unspecified atom stereocenters. The van der Waals surface area contributed by atoms with Crippen LogP contribution in [0.25, 0.3) is 0 Å². The van der Waals surface area contributed by atoms with Crippen molar-refractivity contribution in [1.29, 1.82) is 0 Å². The minimum absolute atomic E-state index is 0.112. The zero-order chi connectivity index (χ0) is 15.6. The van der Waals surface area contributed by atoms with Crippen LogP contribution in [-0.2, 0) is 15.8 Å². The Bertz CT molecular complexity index is 834. The molecule has 1 aromatic carbocycles. The SMILES string of the molecule is O=c1[nH]c(Cl)ccc1NS(=O)(=O)Cc1ccc(Cl)c(Cl)c1. The minimum atomic E-state index is -3.77. The second-order valence-corrected chi connectivity index (χ2v) is 7.10. The lowest BCUT2D eigenvalue weighted by atomic mass is 10.2. The molecule has 0 spiro atoms. The third-order valence-electron chi connectivity index (χ3n) is 2.48. The molecule has 2 aromatic rings. The fourth-order valence-corrected chi connectivity index (χ4v) is 3.24. The molecule has 21 heavy (non-hydrogen) atoms. The van der Waals surface area contributed by atoms with Crippen molar-refractivity contribution < 1.29 is 8.42 Å². The summed E-state index contributed by atoms with van der Waals surface area (Å²) in [7, 11) is -3.77. The summed E-state index contributed by atoms with van der Waals surface area (Å²) in [5.41, 5.74) is -0.290. The topological polar surface area (TPSA) is 79.0 Å². The normalized spacial score (nSPS) is 11.4. The first-order valence-corrected chi connectivity index (χ1v) is 8.39. The van der Waals surface area contributed by atoms with Crippen molar-refractivity contribution in [3.05, 3.63) is 61.4 Å². The molecule has 1 heterocycles. The van der Waals surface area contributed by atoms with E-state index < -0.39 is 15.6 Å². The fraction of sp³-hybridized carbons (Fsp3) is 0.0833. The first-order chi connectivity index (χ1) is 9.77. The number of hydrogen-bond donors (Lipinski definition) is 2. The van der Waals surface area contributed by atoms with E-state index in [4.69, 9.17) is 34.8 Å². The van der Waals surface area contributed by atoms with Crippen LogP contribution in [0.15, 0.2) is 35.1 Å². The standard InChI is InChI=1S/C12H9Cl3N2O3S/c13-8-2-1-7(5-9(8)14)6-21(19,20)17-10-3-4-11(15)16-12(10)18/h1-5,17H,6H2,(H,16,18). The molecule has 0 fully saturated rings. The molecule has 112 valence electrons. The first-order valence-electron chi connectivity index (χ1n) is 5.60. The van der Waals surface area contributed by atoms with Gasteiger partial charge in [0.05, 0.1) is 15.8 Å². The Kier molecular flexibility index (Phi) is 4.83. The van der Waals surface area contributed by atoms with Gasteiger partial charge < -0.3 is 4.98 Å². The van der Waals surface area contributed by atoms with Crippen LogP contribution >= 0.6 is 34.8 Å².